The van der Waals surface area contributed by atoms with Crippen LogP contribution in [0.5, 0.6) is 5.75 Å². The van der Waals surface area contributed by atoms with Crippen molar-refractivity contribution < 1.29 is 23.5 Å². The summed E-state index contributed by atoms with van der Waals surface area (Å²) in [4.78, 5) is 38.8. The van der Waals surface area contributed by atoms with Crippen LogP contribution in [0.15, 0.2) is 77.7 Å². The second kappa shape index (κ2) is 9.20. The molecule has 0 unspecified atom stereocenters. The number of ether oxygens (including phenoxy) is 1. The van der Waals surface area contributed by atoms with E-state index in [-0.39, 0.29) is 23.3 Å². The zero-order chi connectivity index (χ0) is 22.7. The van der Waals surface area contributed by atoms with Crippen LogP contribution in [0.2, 0.25) is 0 Å². The summed E-state index contributed by atoms with van der Waals surface area (Å²) >= 11 is 0.896. The van der Waals surface area contributed by atoms with Crippen LogP contribution >= 0.6 is 11.8 Å². The molecule has 0 saturated carbocycles. The number of nitrogens with zero attached hydrogens (tertiary/aromatic N) is 1. The summed E-state index contributed by atoms with van der Waals surface area (Å²) in [5.74, 6) is -1.07. The van der Waals surface area contributed by atoms with Gasteiger partial charge in [0.1, 0.15) is 11.6 Å². The van der Waals surface area contributed by atoms with E-state index in [1.54, 1.807) is 30.3 Å². The molecule has 1 saturated heterocycles. The Morgan fingerprint density at radius 1 is 1.03 bits per heavy atom. The number of amides is 2. The van der Waals surface area contributed by atoms with E-state index in [0.717, 1.165) is 22.9 Å². The van der Waals surface area contributed by atoms with Crippen LogP contribution in [-0.4, -0.2) is 22.0 Å². The zero-order valence-corrected chi connectivity index (χ0v) is 17.9. The van der Waals surface area contributed by atoms with Crippen molar-refractivity contribution in [1.82, 2.24) is 4.90 Å². The Morgan fingerprint density at radius 3 is 2.44 bits per heavy atom. The third-order valence-electron chi connectivity index (χ3n) is 4.77. The van der Waals surface area contributed by atoms with Gasteiger partial charge >= 0.3 is 5.97 Å². The van der Waals surface area contributed by atoms with Crippen LogP contribution in [0.3, 0.4) is 0 Å². The SMILES string of the molecule is Cc1cccc(CN2C(=O)S/C(=C\c3ccc(OC(=O)c4ccc(F)cc4)cc3)C2=O)c1. The van der Waals surface area contributed by atoms with Gasteiger partial charge in [-0.1, -0.05) is 42.0 Å². The minimum absolute atomic E-state index is 0.224. The van der Waals surface area contributed by atoms with Crippen molar-refractivity contribution in [2.75, 3.05) is 0 Å². The van der Waals surface area contributed by atoms with Gasteiger partial charge in [0.2, 0.25) is 0 Å². The van der Waals surface area contributed by atoms with Crippen molar-refractivity contribution in [2.24, 2.45) is 0 Å². The molecule has 0 aromatic heterocycles. The van der Waals surface area contributed by atoms with E-state index < -0.39 is 11.8 Å². The number of carbonyl (C=O) groups excluding carboxylic acids is 3. The number of aryl methyl sites for hydroxylation is 1. The Kier molecular flexibility index (Phi) is 6.18. The molecule has 3 aromatic carbocycles. The van der Waals surface area contributed by atoms with Crippen molar-refractivity contribution in [3.05, 3.63) is 106 Å². The topological polar surface area (TPSA) is 63.7 Å². The van der Waals surface area contributed by atoms with Crippen LogP contribution in [0.1, 0.15) is 27.0 Å². The molecule has 1 heterocycles. The maximum Gasteiger partial charge on any atom is 0.343 e. The Bertz CT molecular complexity index is 1220. The van der Waals surface area contributed by atoms with E-state index in [1.807, 2.05) is 31.2 Å². The number of thioether (sulfide) groups is 1. The molecule has 0 atom stereocenters. The Labute approximate surface area is 188 Å². The molecule has 0 bridgehead atoms. The van der Waals surface area contributed by atoms with Crippen LogP contribution in [0, 0.1) is 12.7 Å². The molecule has 1 aliphatic rings. The maximum atomic E-state index is 13.0. The average molecular weight is 447 g/mol. The molecule has 4 rings (SSSR count). The monoisotopic (exact) mass is 447 g/mol. The summed E-state index contributed by atoms with van der Waals surface area (Å²) in [6.45, 7) is 2.18. The lowest BCUT2D eigenvalue weighted by Crippen LogP contribution is -2.27. The van der Waals surface area contributed by atoms with Gasteiger partial charge in [0.15, 0.2) is 0 Å². The standard InChI is InChI=1S/C25H18FNO4S/c1-16-3-2-4-18(13-16)15-27-23(28)22(32-25(27)30)14-17-5-11-21(12-6-17)31-24(29)19-7-9-20(26)10-8-19/h2-14H,15H2,1H3/b22-14-. The van der Waals surface area contributed by atoms with Gasteiger partial charge in [-0.15, -0.1) is 0 Å². The van der Waals surface area contributed by atoms with Gasteiger partial charge in [0, 0.05) is 0 Å². The Morgan fingerprint density at radius 2 is 1.75 bits per heavy atom. The predicted molar refractivity (Wildman–Crippen MR) is 120 cm³/mol. The molecule has 5 nitrogen and oxygen atoms in total. The molecule has 0 radical (unpaired) electrons. The lowest BCUT2D eigenvalue weighted by atomic mass is 10.1. The predicted octanol–water partition coefficient (Wildman–Crippen LogP) is 5.59. The average Bonchev–Trinajstić information content (AvgIpc) is 3.03. The lowest BCUT2D eigenvalue weighted by Gasteiger charge is -2.12. The maximum absolute atomic E-state index is 13.0. The third-order valence-corrected chi connectivity index (χ3v) is 5.67. The molecule has 0 N–H and O–H groups in total. The minimum atomic E-state index is -0.602. The molecule has 0 aliphatic carbocycles. The quantitative estimate of drug-likeness (QED) is 0.290. The Hall–Kier alpha value is -3.71. The summed E-state index contributed by atoms with van der Waals surface area (Å²) < 4.78 is 18.3. The molecule has 1 fully saturated rings. The van der Waals surface area contributed by atoms with E-state index in [1.165, 1.54) is 29.2 Å². The van der Waals surface area contributed by atoms with E-state index in [9.17, 15) is 18.8 Å². The van der Waals surface area contributed by atoms with Gasteiger partial charge in [-0.05, 0) is 72.3 Å². The highest BCUT2D eigenvalue weighted by molar-refractivity contribution is 8.18. The van der Waals surface area contributed by atoms with Crippen molar-refractivity contribution in [3.8, 4) is 5.75 Å². The van der Waals surface area contributed by atoms with Gasteiger partial charge in [-0.3, -0.25) is 14.5 Å². The van der Waals surface area contributed by atoms with E-state index >= 15 is 0 Å². The first-order valence-electron chi connectivity index (χ1n) is 9.78. The van der Waals surface area contributed by atoms with Gasteiger partial charge in [-0.25, -0.2) is 9.18 Å². The largest absolute Gasteiger partial charge is 0.423 e. The fourth-order valence-electron chi connectivity index (χ4n) is 3.16. The van der Waals surface area contributed by atoms with Crippen molar-refractivity contribution in [2.45, 2.75) is 13.5 Å². The van der Waals surface area contributed by atoms with Crippen molar-refractivity contribution in [1.29, 1.82) is 0 Å². The molecular formula is C25H18FNO4S. The van der Waals surface area contributed by atoms with Gasteiger partial charge in [0.05, 0.1) is 17.0 Å². The highest BCUT2D eigenvalue weighted by atomic mass is 32.2. The molecule has 160 valence electrons. The number of benzene rings is 3. The number of rotatable bonds is 5. The highest BCUT2D eigenvalue weighted by Gasteiger charge is 2.34. The van der Waals surface area contributed by atoms with Crippen molar-refractivity contribution >= 4 is 35.0 Å². The number of esters is 1. The zero-order valence-electron chi connectivity index (χ0n) is 17.1. The summed E-state index contributed by atoms with van der Waals surface area (Å²) in [6, 6.07) is 19.3. The smallest absolute Gasteiger partial charge is 0.343 e. The number of hydrogen-bond acceptors (Lipinski definition) is 5. The molecular weight excluding hydrogens is 429 g/mol. The number of halogens is 1. The van der Waals surface area contributed by atoms with Gasteiger partial charge in [-0.2, -0.15) is 0 Å². The second-order valence-electron chi connectivity index (χ2n) is 7.22. The van der Waals surface area contributed by atoms with Crippen LogP contribution in [-0.2, 0) is 11.3 Å². The summed E-state index contributed by atoms with van der Waals surface area (Å²) in [7, 11) is 0. The summed E-state index contributed by atoms with van der Waals surface area (Å²) in [5, 5.41) is -0.312. The summed E-state index contributed by atoms with van der Waals surface area (Å²) in [5.41, 5.74) is 2.87. The van der Waals surface area contributed by atoms with E-state index in [0.29, 0.717) is 16.2 Å². The van der Waals surface area contributed by atoms with Crippen LogP contribution in [0.25, 0.3) is 6.08 Å². The molecule has 7 heteroatoms. The number of carbonyl (C=O) groups is 3. The molecule has 32 heavy (non-hydrogen) atoms. The minimum Gasteiger partial charge on any atom is -0.423 e. The third kappa shape index (κ3) is 4.95. The first-order valence-corrected chi connectivity index (χ1v) is 10.6. The van der Waals surface area contributed by atoms with Gasteiger partial charge in [0.25, 0.3) is 11.1 Å². The summed E-state index contributed by atoms with van der Waals surface area (Å²) in [6.07, 6.45) is 1.63. The lowest BCUT2D eigenvalue weighted by molar-refractivity contribution is -0.123. The molecule has 0 spiro atoms. The molecule has 1 aliphatic heterocycles. The van der Waals surface area contributed by atoms with E-state index in [2.05, 4.69) is 0 Å². The fraction of sp³-hybridized carbons (Fsp3) is 0.0800. The number of imide groups is 1. The van der Waals surface area contributed by atoms with Crippen molar-refractivity contribution in [3.63, 3.8) is 0 Å². The molecule has 2 amide bonds. The normalized spacial score (nSPS) is 14.8. The van der Waals surface area contributed by atoms with Crippen LogP contribution < -0.4 is 4.74 Å². The first kappa shape index (κ1) is 21.5. The highest BCUT2D eigenvalue weighted by Crippen LogP contribution is 2.33. The number of hydrogen-bond donors (Lipinski definition) is 0. The first-order chi connectivity index (χ1) is 15.4. The molecule has 3 aromatic rings. The Balaban J connectivity index is 1.43. The van der Waals surface area contributed by atoms with E-state index in [4.69, 9.17) is 4.74 Å². The fourth-order valence-corrected chi connectivity index (χ4v) is 4.00. The van der Waals surface area contributed by atoms with Gasteiger partial charge < -0.3 is 4.74 Å². The van der Waals surface area contributed by atoms with Crippen LogP contribution in [0.4, 0.5) is 9.18 Å². The second-order valence-corrected chi connectivity index (χ2v) is 8.22.